The van der Waals surface area contributed by atoms with E-state index in [2.05, 4.69) is 0 Å². The van der Waals surface area contributed by atoms with Crippen LogP contribution in [0.25, 0.3) is 0 Å². The van der Waals surface area contributed by atoms with Gasteiger partial charge in [0.25, 0.3) is 0 Å². The molecule has 1 heterocycles. The molecule has 0 aromatic rings. The highest BCUT2D eigenvalue weighted by Gasteiger charge is 2.50. The van der Waals surface area contributed by atoms with Gasteiger partial charge in [-0.2, -0.15) is 0 Å². The van der Waals surface area contributed by atoms with Crippen molar-refractivity contribution in [1.82, 2.24) is 0 Å². The number of rotatable bonds is 3. The zero-order valence-electron chi connectivity index (χ0n) is 17.2. The van der Waals surface area contributed by atoms with Crippen molar-refractivity contribution in [3.63, 3.8) is 0 Å². The van der Waals surface area contributed by atoms with Crippen LogP contribution in [-0.2, 0) is 33.3 Å². The Morgan fingerprint density at radius 3 is 1.69 bits per heavy atom. The molecule has 1 rings (SSSR count). The third-order valence-electron chi connectivity index (χ3n) is 4.50. The molecule has 0 aromatic heterocycles. The highest BCUT2D eigenvalue weighted by molar-refractivity contribution is 5.77. The van der Waals surface area contributed by atoms with Gasteiger partial charge in [0.2, 0.25) is 6.29 Å². The predicted octanol–water partition coefficient (Wildman–Crippen LogP) is 2.70. The first-order chi connectivity index (χ1) is 11.7. The van der Waals surface area contributed by atoms with E-state index in [1.54, 1.807) is 41.5 Å². The number of carbonyl (C=O) groups excluding carboxylic acids is 3. The molecule has 0 N–H and O–H groups in total. The minimum atomic E-state index is -1.18. The number of hydrogen-bond donors (Lipinski definition) is 0. The minimum absolute atomic E-state index is 0.281. The van der Waals surface area contributed by atoms with Gasteiger partial charge in [-0.25, -0.2) is 4.79 Å². The average molecular weight is 372 g/mol. The van der Waals surface area contributed by atoms with Gasteiger partial charge in [-0.05, 0) is 47.5 Å². The molecule has 1 saturated heterocycles. The van der Waals surface area contributed by atoms with Crippen molar-refractivity contribution in [2.24, 2.45) is 22.7 Å². The Morgan fingerprint density at radius 1 is 0.808 bits per heavy atom. The monoisotopic (exact) mass is 372 g/mol. The molecule has 0 spiro atoms. The zero-order chi connectivity index (χ0) is 20.4. The third-order valence-corrected chi connectivity index (χ3v) is 4.50. The molecule has 0 saturated carbocycles. The van der Waals surface area contributed by atoms with Gasteiger partial charge in [0.1, 0.15) is 0 Å². The number of ether oxygens (including phenoxy) is 4. The Balaban J connectivity index is 3.14. The summed E-state index contributed by atoms with van der Waals surface area (Å²) < 4.78 is 21.6. The smallest absolute Gasteiger partial charge is 0.335 e. The number of esters is 3. The topological polar surface area (TPSA) is 88.1 Å². The molecule has 0 amide bonds. The average Bonchev–Trinajstić information content (AvgIpc) is 2.51. The Labute approximate surface area is 155 Å². The van der Waals surface area contributed by atoms with Crippen LogP contribution in [0.2, 0.25) is 0 Å². The van der Waals surface area contributed by atoms with Crippen LogP contribution in [0.15, 0.2) is 0 Å². The van der Waals surface area contributed by atoms with E-state index < -0.39 is 47.2 Å². The van der Waals surface area contributed by atoms with E-state index in [-0.39, 0.29) is 11.8 Å². The number of hydrogen-bond acceptors (Lipinski definition) is 7. The van der Waals surface area contributed by atoms with Crippen molar-refractivity contribution < 1.29 is 33.3 Å². The highest BCUT2D eigenvalue weighted by atomic mass is 16.7. The molecule has 0 aliphatic carbocycles. The SMILES string of the molecule is COC(=O)C1OC(OC(=O)C(C)(C)C)C(OC(=O)C(C)(C)C)C(C)C1C. The van der Waals surface area contributed by atoms with Crippen molar-refractivity contribution in [1.29, 1.82) is 0 Å². The Hall–Kier alpha value is -1.63. The molecule has 1 aliphatic heterocycles. The van der Waals surface area contributed by atoms with Crippen molar-refractivity contribution in [3.05, 3.63) is 0 Å². The summed E-state index contributed by atoms with van der Waals surface area (Å²) in [6.45, 7) is 14.0. The summed E-state index contributed by atoms with van der Waals surface area (Å²) in [6, 6.07) is 0. The lowest BCUT2D eigenvalue weighted by Gasteiger charge is -2.43. The van der Waals surface area contributed by atoms with Gasteiger partial charge < -0.3 is 18.9 Å². The maximum absolute atomic E-state index is 12.4. The van der Waals surface area contributed by atoms with Gasteiger partial charge in [0.05, 0.1) is 17.9 Å². The van der Waals surface area contributed by atoms with E-state index in [1.165, 1.54) is 7.11 Å². The lowest BCUT2D eigenvalue weighted by molar-refractivity contribution is -0.272. The van der Waals surface area contributed by atoms with Gasteiger partial charge in [-0.15, -0.1) is 0 Å². The summed E-state index contributed by atoms with van der Waals surface area (Å²) in [5.74, 6) is -2.06. The molecule has 0 aromatic carbocycles. The molecule has 5 unspecified atom stereocenters. The van der Waals surface area contributed by atoms with Crippen LogP contribution in [0.4, 0.5) is 0 Å². The van der Waals surface area contributed by atoms with Crippen molar-refractivity contribution >= 4 is 17.9 Å². The molecule has 150 valence electrons. The fourth-order valence-corrected chi connectivity index (χ4v) is 2.40. The zero-order valence-corrected chi connectivity index (χ0v) is 17.2. The van der Waals surface area contributed by atoms with Crippen molar-refractivity contribution in [2.45, 2.75) is 73.9 Å². The molecule has 7 heteroatoms. The fraction of sp³-hybridized carbons (Fsp3) is 0.842. The van der Waals surface area contributed by atoms with Crippen LogP contribution >= 0.6 is 0 Å². The summed E-state index contributed by atoms with van der Waals surface area (Å²) in [5, 5.41) is 0. The van der Waals surface area contributed by atoms with E-state index in [0.717, 1.165) is 0 Å². The van der Waals surface area contributed by atoms with Gasteiger partial charge in [-0.3, -0.25) is 9.59 Å². The first-order valence-electron chi connectivity index (χ1n) is 8.85. The van der Waals surface area contributed by atoms with E-state index in [1.807, 2.05) is 13.8 Å². The highest BCUT2D eigenvalue weighted by Crippen LogP contribution is 2.36. The van der Waals surface area contributed by atoms with Gasteiger partial charge in [-0.1, -0.05) is 13.8 Å². The van der Waals surface area contributed by atoms with Crippen LogP contribution in [0.1, 0.15) is 55.4 Å². The summed E-state index contributed by atoms with van der Waals surface area (Å²) >= 11 is 0. The lowest BCUT2D eigenvalue weighted by Crippen LogP contribution is -2.56. The summed E-state index contributed by atoms with van der Waals surface area (Å²) in [7, 11) is 1.27. The molecular formula is C19H32O7. The fourth-order valence-electron chi connectivity index (χ4n) is 2.40. The third kappa shape index (κ3) is 5.19. The summed E-state index contributed by atoms with van der Waals surface area (Å²) in [4.78, 5) is 36.8. The summed E-state index contributed by atoms with van der Waals surface area (Å²) in [6.07, 6.45) is -2.90. The normalized spacial score (nSPS) is 29.7. The second kappa shape index (κ2) is 7.94. The van der Waals surface area contributed by atoms with Crippen molar-refractivity contribution in [3.8, 4) is 0 Å². The van der Waals surface area contributed by atoms with Crippen LogP contribution in [0.5, 0.6) is 0 Å². The first kappa shape index (κ1) is 22.4. The van der Waals surface area contributed by atoms with Gasteiger partial charge in [0, 0.05) is 5.92 Å². The van der Waals surface area contributed by atoms with E-state index >= 15 is 0 Å². The second-order valence-corrected chi connectivity index (χ2v) is 8.94. The molecule has 7 nitrogen and oxygen atoms in total. The molecular weight excluding hydrogens is 340 g/mol. The van der Waals surface area contributed by atoms with Crippen molar-refractivity contribution in [2.75, 3.05) is 7.11 Å². The predicted molar refractivity (Wildman–Crippen MR) is 93.9 cm³/mol. The van der Waals surface area contributed by atoms with Gasteiger partial charge >= 0.3 is 17.9 Å². The maximum atomic E-state index is 12.4. The Bertz CT molecular complexity index is 541. The Morgan fingerprint density at radius 2 is 1.27 bits per heavy atom. The lowest BCUT2D eigenvalue weighted by atomic mass is 9.83. The number of carbonyl (C=O) groups is 3. The molecule has 26 heavy (non-hydrogen) atoms. The molecule has 0 bridgehead atoms. The first-order valence-corrected chi connectivity index (χ1v) is 8.85. The maximum Gasteiger partial charge on any atom is 0.335 e. The second-order valence-electron chi connectivity index (χ2n) is 8.94. The molecule has 0 radical (unpaired) electrons. The summed E-state index contributed by atoms with van der Waals surface area (Å²) in [5.41, 5.74) is -1.49. The van der Waals surface area contributed by atoms with Gasteiger partial charge in [0.15, 0.2) is 12.2 Å². The quantitative estimate of drug-likeness (QED) is 0.556. The van der Waals surface area contributed by atoms with Crippen LogP contribution < -0.4 is 0 Å². The van der Waals surface area contributed by atoms with Crippen LogP contribution in [0, 0.1) is 22.7 Å². The Kier molecular flexibility index (Phi) is 6.85. The van der Waals surface area contributed by atoms with E-state index in [0.29, 0.717) is 0 Å². The van der Waals surface area contributed by atoms with Crippen LogP contribution in [0.3, 0.4) is 0 Å². The largest absolute Gasteiger partial charge is 0.467 e. The van der Waals surface area contributed by atoms with Crippen LogP contribution in [-0.4, -0.2) is 43.5 Å². The molecule has 1 fully saturated rings. The van der Waals surface area contributed by atoms with E-state index in [9.17, 15) is 14.4 Å². The standard InChI is InChI=1S/C19H32O7/c1-10-11(2)13(25-16(21)18(3,4)5)15(24-12(10)14(20)23-9)26-17(22)19(6,7)8/h10-13,15H,1-9H3. The van der Waals surface area contributed by atoms with E-state index in [4.69, 9.17) is 18.9 Å². The molecule has 5 atom stereocenters. The molecule has 1 aliphatic rings. The number of methoxy groups -OCH3 is 1. The minimum Gasteiger partial charge on any atom is -0.467 e.